The van der Waals surface area contributed by atoms with E-state index in [9.17, 15) is 4.79 Å². The Labute approximate surface area is 194 Å². The van der Waals surface area contributed by atoms with Gasteiger partial charge in [0.25, 0.3) is 5.91 Å². The van der Waals surface area contributed by atoms with Gasteiger partial charge in [0.2, 0.25) is 0 Å². The van der Waals surface area contributed by atoms with Gasteiger partial charge in [-0.3, -0.25) is 14.4 Å². The van der Waals surface area contributed by atoms with Crippen LogP contribution in [0.5, 0.6) is 0 Å². The highest BCUT2D eigenvalue weighted by atomic mass is 16.2. The summed E-state index contributed by atoms with van der Waals surface area (Å²) in [5.41, 5.74) is 5.94. The number of fused-ring (bicyclic) bond motifs is 1. The average molecular weight is 440 g/mol. The van der Waals surface area contributed by atoms with E-state index in [-0.39, 0.29) is 5.91 Å². The van der Waals surface area contributed by atoms with E-state index in [0.717, 1.165) is 61.4 Å². The number of nitrogens with zero attached hydrogens (tertiary/aromatic N) is 5. The smallest absolute Gasteiger partial charge is 0.254 e. The van der Waals surface area contributed by atoms with Crippen LogP contribution in [0.15, 0.2) is 67.0 Å². The lowest BCUT2D eigenvalue weighted by Gasteiger charge is -2.35. The molecule has 5 rings (SSSR count). The first kappa shape index (κ1) is 21.3. The first-order valence-electron chi connectivity index (χ1n) is 11.6. The molecule has 0 unspecified atom stereocenters. The summed E-state index contributed by atoms with van der Waals surface area (Å²) in [5, 5.41) is 5.28. The molecule has 0 radical (unpaired) electrons. The number of hydrogen-bond donors (Lipinski definition) is 0. The molecule has 1 fully saturated rings. The van der Waals surface area contributed by atoms with Gasteiger partial charge >= 0.3 is 0 Å². The van der Waals surface area contributed by atoms with E-state index in [0.29, 0.717) is 5.56 Å². The Morgan fingerprint density at radius 3 is 2.52 bits per heavy atom. The SMILES string of the molecule is CCn1cc(-c2cc(C(=O)N3CCN(Cc4ccccc4C)CC3)c3ccccc3n2)cn1. The van der Waals surface area contributed by atoms with E-state index in [2.05, 4.69) is 48.1 Å². The normalized spacial score (nSPS) is 14.7. The highest BCUT2D eigenvalue weighted by Gasteiger charge is 2.24. The molecule has 33 heavy (non-hydrogen) atoms. The summed E-state index contributed by atoms with van der Waals surface area (Å²) < 4.78 is 1.88. The summed E-state index contributed by atoms with van der Waals surface area (Å²) in [6.45, 7) is 9.14. The summed E-state index contributed by atoms with van der Waals surface area (Å²) in [6, 6.07) is 18.4. The second-order valence-electron chi connectivity index (χ2n) is 8.65. The van der Waals surface area contributed by atoms with E-state index in [1.165, 1.54) is 11.1 Å². The maximum absolute atomic E-state index is 13.6. The van der Waals surface area contributed by atoms with Gasteiger partial charge in [-0.2, -0.15) is 5.10 Å². The third kappa shape index (κ3) is 4.39. The number of benzene rings is 2. The fraction of sp³-hybridized carbons (Fsp3) is 0.296. The largest absolute Gasteiger partial charge is 0.336 e. The van der Waals surface area contributed by atoms with Crippen molar-refractivity contribution in [2.24, 2.45) is 0 Å². The maximum Gasteiger partial charge on any atom is 0.254 e. The Balaban J connectivity index is 1.37. The predicted octanol–water partition coefficient (Wildman–Crippen LogP) is 4.38. The molecule has 0 spiro atoms. The molecule has 168 valence electrons. The van der Waals surface area contributed by atoms with Gasteiger partial charge in [-0.25, -0.2) is 4.98 Å². The van der Waals surface area contributed by atoms with Crippen molar-refractivity contribution in [1.82, 2.24) is 24.6 Å². The quantitative estimate of drug-likeness (QED) is 0.463. The van der Waals surface area contributed by atoms with Crippen LogP contribution >= 0.6 is 0 Å². The molecule has 2 aromatic carbocycles. The topological polar surface area (TPSA) is 54.3 Å². The van der Waals surface area contributed by atoms with E-state index < -0.39 is 0 Å². The number of amides is 1. The van der Waals surface area contributed by atoms with Crippen molar-refractivity contribution in [3.8, 4) is 11.3 Å². The van der Waals surface area contributed by atoms with E-state index in [1.54, 1.807) is 0 Å². The minimum atomic E-state index is 0.0771. The Morgan fingerprint density at radius 1 is 1.00 bits per heavy atom. The molecule has 1 aliphatic heterocycles. The monoisotopic (exact) mass is 439 g/mol. The molecule has 0 N–H and O–H groups in total. The minimum Gasteiger partial charge on any atom is -0.336 e. The number of hydrogen-bond acceptors (Lipinski definition) is 4. The number of aryl methyl sites for hydroxylation is 2. The molecule has 0 aliphatic carbocycles. The van der Waals surface area contributed by atoms with Gasteiger partial charge in [0, 0.05) is 56.4 Å². The molecular weight excluding hydrogens is 410 g/mol. The Hall–Kier alpha value is -3.51. The second-order valence-corrected chi connectivity index (χ2v) is 8.65. The van der Waals surface area contributed by atoms with Crippen molar-refractivity contribution < 1.29 is 4.79 Å². The van der Waals surface area contributed by atoms with Crippen molar-refractivity contribution in [3.63, 3.8) is 0 Å². The van der Waals surface area contributed by atoms with Gasteiger partial charge in [-0.1, -0.05) is 42.5 Å². The fourth-order valence-electron chi connectivity index (χ4n) is 4.48. The van der Waals surface area contributed by atoms with Crippen molar-refractivity contribution in [1.29, 1.82) is 0 Å². The molecule has 4 aromatic rings. The van der Waals surface area contributed by atoms with E-state index in [1.807, 2.05) is 52.3 Å². The summed E-state index contributed by atoms with van der Waals surface area (Å²) in [6.07, 6.45) is 3.80. The van der Waals surface area contributed by atoms with Crippen molar-refractivity contribution >= 4 is 16.8 Å². The highest BCUT2D eigenvalue weighted by molar-refractivity contribution is 6.07. The molecule has 1 saturated heterocycles. The second kappa shape index (κ2) is 9.16. The van der Waals surface area contributed by atoms with Gasteiger partial charge in [0.15, 0.2) is 0 Å². The minimum absolute atomic E-state index is 0.0771. The van der Waals surface area contributed by atoms with Gasteiger partial charge in [0.05, 0.1) is 23.0 Å². The zero-order valence-electron chi connectivity index (χ0n) is 19.2. The van der Waals surface area contributed by atoms with Crippen LogP contribution in [0.25, 0.3) is 22.2 Å². The molecule has 1 aliphatic rings. The summed E-state index contributed by atoms with van der Waals surface area (Å²) in [7, 11) is 0. The van der Waals surface area contributed by atoms with Gasteiger partial charge in [-0.05, 0) is 37.1 Å². The summed E-state index contributed by atoms with van der Waals surface area (Å²) in [5.74, 6) is 0.0771. The standard InChI is InChI=1S/C27H29N5O/c1-3-32-19-22(17-28-32)26-16-24(23-10-6-7-11-25(23)29-26)27(33)31-14-12-30(13-15-31)18-21-9-5-4-8-20(21)2/h4-11,16-17,19H,3,12-15,18H2,1-2H3. The number of piperazine rings is 1. The van der Waals surface area contributed by atoms with Crippen LogP contribution < -0.4 is 0 Å². The molecule has 6 nitrogen and oxygen atoms in total. The fourth-order valence-corrected chi connectivity index (χ4v) is 4.48. The predicted molar refractivity (Wildman–Crippen MR) is 131 cm³/mol. The number of carbonyl (C=O) groups is 1. The lowest BCUT2D eigenvalue weighted by Crippen LogP contribution is -2.48. The molecule has 0 bridgehead atoms. The maximum atomic E-state index is 13.6. The van der Waals surface area contributed by atoms with E-state index in [4.69, 9.17) is 4.98 Å². The Bertz CT molecular complexity index is 1290. The third-order valence-electron chi connectivity index (χ3n) is 6.51. The molecular formula is C27H29N5O. The lowest BCUT2D eigenvalue weighted by molar-refractivity contribution is 0.0630. The van der Waals surface area contributed by atoms with Crippen LogP contribution in [-0.2, 0) is 13.1 Å². The zero-order chi connectivity index (χ0) is 22.8. The Kier molecular flexibility index (Phi) is 5.92. The molecule has 0 atom stereocenters. The first-order valence-corrected chi connectivity index (χ1v) is 11.6. The number of carbonyl (C=O) groups excluding carboxylic acids is 1. The van der Waals surface area contributed by atoms with Crippen LogP contribution in [-0.4, -0.2) is 56.7 Å². The number of para-hydroxylation sites is 1. The van der Waals surface area contributed by atoms with Crippen LogP contribution in [0.3, 0.4) is 0 Å². The van der Waals surface area contributed by atoms with Gasteiger partial charge in [0.1, 0.15) is 0 Å². The molecule has 6 heteroatoms. The number of aromatic nitrogens is 3. The number of pyridine rings is 1. The third-order valence-corrected chi connectivity index (χ3v) is 6.51. The number of rotatable bonds is 5. The van der Waals surface area contributed by atoms with Crippen LogP contribution in [0, 0.1) is 6.92 Å². The van der Waals surface area contributed by atoms with Gasteiger partial charge in [-0.15, -0.1) is 0 Å². The highest BCUT2D eigenvalue weighted by Crippen LogP contribution is 2.26. The van der Waals surface area contributed by atoms with Crippen molar-refractivity contribution in [2.75, 3.05) is 26.2 Å². The van der Waals surface area contributed by atoms with Crippen LogP contribution in [0.2, 0.25) is 0 Å². The summed E-state index contributed by atoms with van der Waals surface area (Å²) >= 11 is 0. The first-order chi connectivity index (χ1) is 16.1. The van der Waals surface area contributed by atoms with Crippen molar-refractivity contribution in [3.05, 3.63) is 83.7 Å². The average Bonchev–Trinajstić information content (AvgIpc) is 3.34. The molecule has 0 saturated carbocycles. The lowest BCUT2D eigenvalue weighted by atomic mass is 10.0. The Morgan fingerprint density at radius 2 is 1.76 bits per heavy atom. The molecule has 1 amide bonds. The van der Waals surface area contributed by atoms with Crippen LogP contribution in [0.4, 0.5) is 0 Å². The van der Waals surface area contributed by atoms with E-state index >= 15 is 0 Å². The zero-order valence-corrected chi connectivity index (χ0v) is 19.2. The van der Waals surface area contributed by atoms with Crippen LogP contribution in [0.1, 0.15) is 28.4 Å². The molecule has 3 heterocycles. The summed E-state index contributed by atoms with van der Waals surface area (Å²) in [4.78, 5) is 22.9. The molecule has 2 aromatic heterocycles. The van der Waals surface area contributed by atoms with Gasteiger partial charge < -0.3 is 4.90 Å². The van der Waals surface area contributed by atoms with Crippen molar-refractivity contribution in [2.45, 2.75) is 26.9 Å².